The molecule has 0 aromatic carbocycles. The van der Waals surface area contributed by atoms with Crippen LogP contribution >= 0.6 is 8.81 Å². The highest BCUT2D eigenvalue weighted by molar-refractivity contribution is 7.31. The Morgan fingerprint density at radius 2 is 1.79 bits per heavy atom. The van der Waals surface area contributed by atoms with E-state index in [-0.39, 0.29) is 26.6 Å². The fraction of sp³-hybridized carbons (Fsp3) is 0.800. The molecular weight excluding hydrogens is 197 g/mol. The molecule has 0 aromatic rings. The van der Waals surface area contributed by atoms with Crippen LogP contribution < -0.4 is 0 Å². The van der Waals surface area contributed by atoms with E-state index in [0.29, 0.717) is 0 Å². The van der Waals surface area contributed by atoms with Gasteiger partial charge in [0, 0.05) is 0 Å². The van der Waals surface area contributed by atoms with E-state index < -0.39 is 5.41 Å². The molecule has 80 valence electrons. The maximum absolute atomic E-state index is 11.7. The van der Waals surface area contributed by atoms with Crippen LogP contribution in [0, 0.1) is 28.6 Å². The first-order valence-corrected chi connectivity index (χ1v) is 6.13. The quantitative estimate of drug-likeness (QED) is 0.677. The van der Waals surface area contributed by atoms with Gasteiger partial charge < -0.3 is 4.52 Å². The highest BCUT2D eigenvalue weighted by atomic mass is 31.1. The molecule has 3 nitrogen and oxygen atoms in total. The van der Waals surface area contributed by atoms with Crippen molar-refractivity contribution in [2.75, 3.05) is 6.66 Å². The number of nitrogens with zero attached hydrogens (tertiary/aromatic N) is 1. The standard InChI is InChI=1S/C10H18NO2P/c1-7(2)10(6-11,8(3)4)9(12)13-14-5/h7-8,14H,1-5H3. The van der Waals surface area contributed by atoms with Gasteiger partial charge in [-0.2, -0.15) is 5.26 Å². The second-order valence-electron chi connectivity index (χ2n) is 3.88. The molecule has 14 heavy (non-hydrogen) atoms. The highest BCUT2D eigenvalue weighted by Crippen LogP contribution is 2.37. The maximum atomic E-state index is 11.7. The summed E-state index contributed by atoms with van der Waals surface area (Å²) in [5.41, 5.74) is -0.997. The molecule has 0 heterocycles. The molecular formula is C10H18NO2P. The number of carbonyl (C=O) groups is 1. The topological polar surface area (TPSA) is 50.1 Å². The number of rotatable bonds is 4. The predicted octanol–water partition coefficient (Wildman–Crippen LogP) is 2.57. The van der Waals surface area contributed by atoms with Gasteiger partial charge in [0.05, 0.1) is 14.9 Å². The lowest BCUT2D eigenvalue weighted by molar-refractivity contribution is -0.146. The van der Waals surface area contributed by atoms with Gasteiger partial charge in [0.25, 0.3) is 0 Å². The Bertz CT molecular complexity index is 235. The Hall–Kier alpha value is -0.610. The van der Waals surface area contributed by atoms with Gasteiger partial charge in [-0.1, -0.05) is 27.7 Å². The third-order valence-corrected chi connectivity index (χ3v) is 2.93. The Morgan fingerprint density at radius 1 is 1.36 bits per heavy atom. The lowest BCUT2D eigenvalue weighted by Gasteiger charge is -2.31. The molecule has 0 aliphatic rings. The third-order valence-electron chi connectivity index (χ3n) is 2.54. The van der Waals surface area contributed by atoms with Crippen molar-refractivity contribution < 1.29 is 9.32 Å². The molecule has 0 fully saturated rings. The monoisotopic (exact) mass is 215 g/mol. The van der Waals surface area contributed by atoms with Gasteiger partial charge in [-0.15, -0.1) is 0 Å². The summed E-state index contributed by atoms with van der Waals surface area (Å²) in [4.78, 5) is 11.7. The fourth-order valence-corrected chi connectivity index (χ4v) is 1.97. The zero-order valence-electron chi connectivity index (χ0n) is 9.42. The van der Waals surface area contributed by atoms with E-state index in [0.717, 1.165) is 0 Å². The van der Waals surface area contributed by atoms with Gasteiger partial charge in [-0.05, 0) is 18.5 Å². The average molecular weight is 215 g/mol. The summed E-state index contributed by atoms with van der Waals surface area (Å²) in [7, 11) is 0.0995. The molecule has 0 radical (unpaired) electrons. The van der Waals surface area contributed by atoms with E-state index in [1.807, 2.05) is 27.7 Å². The molecule has 0 aliphatic heterocycles. The number of hydrogen-bond donors (Lipinski definition) is 0. The molecule has 0 N–H and O–H groups in total. The van der Waals surface area contributed by atoms with Crippen molar-refractivity contribution in [2.24, 2.45) is 17.3 Å². The summed E-state index contributed by atoms with van der Waals surface area (Å²) >= 11 is 0. The van der Waals surface area contributed by atoms with Crippen LogP contribution in [-0.2, 0) is 9.32 Å². The minimum Gasteiger partial charge on any atom is -0.447 e. The second-order valence-corrected chi connectivity index (χ2v) is 4.50. The number of nitriles is 1. The van der Waals surface area contributed by atoms with E-state index in [1.54, 1.807) is 6.66 Å². The summed E-state index contributed by atoms with van der Waals surface area (Å²) in [6.07, 6.45) is 0. The van der Waals surface area contributed by atoms with Crippen LogP contribution in [0.4, 0.5) is 0 Å². The van der Waals surface area contributed by atoms with Crippen LogP contribution in [0.3, 0.4) is 0 Å². The molecule has 0 saturated carbocycles. The zero-order valence-corrected chi connectivity index (χ0v) is 10.4. The lowest BCUT2D eigenvalue weighted by Crippen LogP contribution is -2.40. The van der Waals surface area contributed by atoms with Gasteiger partial charge in [-0.25, -0.2) is 0 Å². The van der Waals surface area contributed by atoms with Crippen molar-refractivity contribution >= 4 is 14.8 Å². The first-order valence-electron chi connectivity index (χ1n) is 4.72. The molecule has 1 atom stereocenters. The molecule has 0 bridgehead atoms. The van der Waals surface area contributed by atoms with Crippen LogP contribution in [0.2, 0.25) is 0 Å². The Kier molecular flexibility index (Phi) is 5.08. The largest absolute Gasteiger partial charge is 0.447 e. The Morgan fingerprint density at radius 3 is 2.00 bits per heavy atom. The Balaban J connectivity index is 5.07. The van der Waals surface area contributed by atoms with Crippen molar-refractivity contribution in [1.82, 2.24) is 0 Å². The van der Waals surface area contributed by atoms with Crippen molar-refractivity contribution in [2.45, 2.75) is 27.7 Å². The number of carbonyl (C=O) groups excluding carboxylic acids is 1. The van der Waals surface area contributed by atoms with Gasteiger partial charge in [0.1, 0.15) is 0 Å². The van der Waals surface area contributed by atoms with Gasteiger partial charge >= 0.3 is 5.97 Å². The second kappa shape index (κ2) is 5.32. The van der Waals surface area contributed by atoms with Crippen molar-refractivity contribution in [3.8, 4) is 6.07 Å². The molecule has 0 saturated heterocycles. The fourth-order valence-electron chi connectivity index (χ4n) is 1.62. The van der Waals surface area contributed by atoms with E-state index in [4.69, 9.17) is 9.79 Å². The minimum atomic E-state index is -0.997. The van der Waals surface area contributed by atoms with Gasteiger partial charge in [0.2, 0.25) is 0 Å². The first-order chi connectivity index (χ1) is 6.43. The summed E-state index contributed by atoms with van der Waals surface area (Å²) in [5, 5.41) is 9.17. The number of hydrogen-bond acceptors (Lipinski definition) is 3. The van der Waals surface area contributed by atoms with Crippen LogP contribution in [-0.4, -0.2) is 12.6 Å². The molecule has 0 amide bonds. The van der Waals surface area contributed by atoms with Gasteiger partial charge in [-0.3, -0.25) is 4.79 Å². The molecule has 0 rings (SSSR count). The highest BCUT2D eigenvalue weighted by Gasteiger charge is 2.46. The van der Waals surface area contributed by atoms with E-state index in [1.165, 1.54) is 0 Å². The summed E-state index contributed by atoms with van der Waals surface area (Å²) in [5.74, 6) is -0.446. The normalized spacial score (nSPS) is 12.4. The van der Waals surface area contributed by atoms with Crippen molar-refractivity contribution in [1.29, 1.82) is 5.26 Å². The van der Waals surface area contributed by atoms with E-state index in [9.17, 15) is 4.79 Å². The molecule has 0 aliphatic carbocycles. The molecule has 0 aromatic heterocycles. The van der Waals surface area contributed by atoms with Crippen LogP contribution in [0.15, 0.2) is 0 Å². The molecule has 4 heteroatoms. The smallest absolute Gasteiger partial charge is 0.329 e. The van der Waals surface area contributed by atoms with Crippen LogP contribution in [0.5, 0.6) is 0 Å². The maximum Gasteiger partial charge on any atom is 0.329 e. The SMILES string of the molecule is CPOC(=O)C(C#N)(C(C)C)C(C)C. The summed E-state index contributed by atoms with van der Waals surface area (Å²) < 4.78 is 4.99. The predicted molar refractivity (Wildman–Crippen MR) is 58.1 cm³/mol. The first kappa shape index (κ1) is 13.4. The van der Waals surface area contributed by atoms with E-state index >= 15 is 0 Å². The van der Waals surface area contributed by atoms with Crippen LogP contribution in [0.25, 0.3) is 0 Å². The average Bonchev–Trinajstić information content (AvgIpc) is 2.05. The third kappa shape index (κ3) is 2.25. The zero-order chi connectivity index (χ0) is 11.4. The van der Waals surface area contributed by atoms with Crippen LogP contribution in [0.1, 0.15) is 27.7 Å². The summed E-state index contributed by atoms with van der Waals surface area (Å²) in [6.45, 7) is 9.29. The lowest BCUT2D eigenvalue weighted by atomic mass is 9.70. The summed E-state index contributed by atoms with van der Waals surface area (Å²) in [6, 6.07) is 2.13. The minimum absolute atomic E-state index is 0.0312. The molecule has 1 unspecified atom stereocenters. The van der Waals surface area contributed by atoms with Crippen molar-refractivity contribution in [3.05, 3.63) is 0 Å². The Labute approximate surface area is 87.7 Å². The van der Waals surface area contributed by atoms with E-state index in [2.05, 4.69) is 6.07 Å². The molecule has 0 spiro atoms. The van der Waals surface area contributed by atoms with Crippen molar-refractivity contribution in [3.63, 3.8) is 0 Å². The van der Waals surface area contributed by atoms with Gasteiger partial charge in [0.15, 0.2) is 5.41 Å².